The molecule has 2 heterocycles. The van der Waals surface area contributed by atoms with Crippen LogP contribution in [0.2, 0.25) is 0 Å². The van der Waals surface area contributed by atoms with Gasteiger partial charge in [-0.25, -0.2) is 0 Å². The lowest BCUT2D eigenvalue weighted by atomic mass is 10.1. The second-order valence-electron chi connectivity index (χ2n) is 7.88. The van der Waals surface area contributed by atoms with E-state index in [0.29, 0.717) is 23.7 Å². The van der Waals surface area contributed by atoms with Crippen LogP contribution in [0.5, 0.6) is 5.75 Å². The van der Waals surface area contributed by atoms with Gasteiger partial charge in [-0.05, 0) is 62.1 Å². The van der Waals surface area contributed by atoms with E-state index >= 15 is 0 Å². The molecule has 1 amide bonds. The molecule has 0 atom stereocenters. The number of amides is 1. The number of anilines is 1. The minimum absolute atomic E-state index is 0.183. The van der Waals surface area contributed by atoms with E-state index in [1.165, 1.54) is 16.7 Å². The Bertz CT molecular complexity index is 1260. The molecule has 7 nitrogen and oxygen atoms in total. The number of ether oxygens (including phenoxy) is 1. The van der Waals surface area contributed by atoms with Crippen molar-refractivity contribution in [2.24, 2.45) is 0 Å². The summed E-state index contributed by atoms with van der Waals surface area (Å²) in [6.45, 7) is 8.72. The van der Waals surface area contributed by atoms with Crippen molar-refractivity contribution in [3.05, 3.63) is 94.0 Å². The predicted octanol–water partition coefficient (Wildman–Crippen LogP) is 4.98. The number of hydrogen-bond acceptors (Lipinski definition) is 5. The minimum Gasteiger partial charge on any atom is -0.489 e. The summed E-state index contributed by atoms with van der Waals surface area (Å²) >= 11 is 0. The fourth-order valence-corrected chi connectivity index (χ4v) is 3.35. The van der Waals surface area contributed by atoms with Gasteiger partial charge in [0.05, 0.1) is 12.1 Å². The maximum atomic E-state index is 12.8. The molecule has 0 spiro atoms. The van der Waals surface area contributed by atoms with Crippen molar-refractivity contribution in [2.45, 2.75) is 40.8 Å². The number of carbonyl (C=O) groups excluding carboxylic acids is 1. The highest BCUT2D eigenvalue weighted by molar-refractivity contribution is 6.03. The third kappa shape index (κ3) is 4.72. The summed E-state index contributed by atoms with van der Waals surface area (Å²) in [5.41, 5.74) is 5.51. The largest absolute Gasteiger partial charge is 0.489 e. The van der Waals surface area contributed by atoms with Gasteiger partial charge in [0.2, 0.25) is 0 Å². The highest BCUT2D eigenvalue weighted by Gasteiger charge is 2.21. The first-order valence-electron chi connectivity index (χ1n) is 10.4. The number of aromatic nitrogens is 3. The van der Waals surface area contributed by atoms with E-state index in [1.54, 1.807) is 17.7 Å². The Morgan fingerprint density at radius 2 is 1.84 bits per heavy atom. The average Bonchev–Trinajstić information content (AvgIpc) is 3.36. The molecule has 0 saturated heterocycles. The molecule has 164 valence electrons. The number of benzene rings is 2. The summed E-state index contributed by atoms with van der Waals surface area (Å²) < 4.78 is 12.9. The molecule has 0 saturated carbocycles. The van der Waals surface area contributed by atoms with Crippen LogP contribution in [0.15, 0.2) is 59.3 Å². The van der Waals surface area contributed by atoms with E-state index < -0.39 is 0 Å². The van der Waals surface area contributed by atoms with Gasteiger partial charge in [0.1, 0.15) is 18.1 Å². The summed E-state index contributed by atoms with van der Waals surface area (Å²) in [6.07, 6.45) is 1.83. The van der Waals surface area contributed by atoms with Crippen LogP contribution in [0, 0.1) is 27.7 Å². The van der Waals surface area contributed by atoms with Crippen LogP contribution in [0.4, 0.5) is 5.82 Å². The molecule has 0 aliphatic carbocycles. The van der Waals surface area contributed by atoms with Gasteiger partial charge in [-0.15, -0.1) is 0 Å². The van der Waals surface area contributed by atoms with E-state index in [9.17, 15) is 4.79 Å². The molecule has 7 heteroatoms. The smallest absolute Gasteiger partial charge is 0.279 e. The number of hydrogen-bond donors (Lipinski definition) is 1. The van der Waals surface area contributed by atoms with Crippen molar-refractivity contribution in [2.75, 3.05) is 5.32 Å². The summed E-state index contributed by atoms with van der Waals surface area (Å²) in [5.74, 6) is 1.34. The van der Waals surface area contributed by atoms with Gasteiger partial charge in [-0.1, -0.05) is 35.5 Å². The lowest BCUT2D eigenvalue weighted by molar-refractivity contribution is 0.101. The Hall–Kier alpha value is -3.87. The molecule has 0 bridgehead atoms. The Balaban J connectivity index is 1.43. The van der Waals surface area contributed by atoms with Crippen LogP contribution >= 0.6 is 0 Å². The van der Waals surface area contributed by atoms with Gasteiger partial charge in [-0.3, -0.25) is 9.48 Å². The molecule has 0 radical (unpaired) electrons. The second-order valence-corrected chi connectivity index (χ2v) is 7.88. The van der Waals surface area contributed by atoms with Gasteiger partial charge in [0.25, 0.3) is 5.91 Å². The summed E-state index contributed by atoms with van der Waals surface area (Å²) in [5, 5.41) is 11.2. The molecule has 4 rings (SSSR count). The monoisotopic (exact) mass is 430 g/mol. The molecule has 0 aliphatic heterocycles. The number of nitrogens with zero attached hydrogens (tertiary/aromatic N) is 3. The van der Waals surface area contributed by atoms with Crippen LogP contribution in [0.1, 0.15) is 44.1 Å². The van der Waals surface area contributed by atoms with E-state index in [4.69, 9.17) is 9.26 Å². The number of nitrogens with one attached hydrogen (secondary N) is 1. The van der Waals surface area contributed by atoms with Gasteiger partial charge < -0.3 is 14.6 Å². The van der Waals surface area contributed by atoms with Crippen molar-refractivity contribution in [3.8, 4) is 5.75 Å². The van der Waals surface area contributed by atoms with E-state index in [2.05, 4.69) is 34.6 Å². The molecule has 2 aromatic heterocycles. The Kier molecular flexibility index (Phi) is 6.07. The van der Waals surface area contributed by atoms with Gasteiger partial charge >= 0.3 is 0 Å². The zero-order valence-corrected chi connectivity index (χ0v) is 18.7. The number of aryl methyl sites for hydroxylation is 4. The SMILES string of the molecule is Cc1ccc(OCc2c(C(=O)Nc3ccn(Cc4ccccc4C)n3)noc2C)cc1C. The van der Waals surface area contributed by atoms with Crippen molar-refractivity contribution >= 4 is 11.7 Å². The van der Waals surface area contributed by atoms with Crippen LogP contribution < -0.4 is 10.1 Å². The van der Waals surface area contributed by atoms with Crippen molar-refractivity contribution in [1.82, 2.24) is 14.9 Å². The number of carbonyl (C=O) groups is 1. The molecule has 0 aliphatic rings. The lowest BCUT2D eigenvalue weighted by Crippen LogP contribution is -2.16. The fourth-order valence-electron chi connectivity index (χ4n) is 3.35. The maximum absolute atomic E-state index is 12.8. The third-order valence-corrected chi connectivity index (χ3v) is 5.54. The Labute approximate surface area is 187 Å². The Morgan fingerprint density at radius 3 is 2.62 bits per heavy atom. The first-order chi connectivity index (χ1) is 15.4. The zero-order valence-electron chi connectivity index (χ0n) is 18.7. The zero-order chi connectivity index (χ0) is 22.7. The topological polar surface area (TPSA) is 82.2 Å². The van der Waals surface area contributed by atoms with Crippen LogP contribution in [0.3, 0.4) is 0 Å². The molecular formula is C25H26N4O3. The van der Waals surface area contributed by atoms with Gasteiger partial charge in [0, 0.05) is 12.3 Å². The molecule has 4 aromatic rings. The van der Waals surface area contributed by atoms with E-state index in [1.807, 2.05) is 50.4 Å². The summed E-state index contributed by atoms with van der Waals surface area (Å²) in [4.78, 5) is 12.8. The molecular weight excluding hydrogens is 404 g/mol. The highest BCUT2D eigenvalue weighted by Crippen LogP contribution is 2.21. The molecule has 1 N–H and O–H groups in total. The van der Waals surface area contributed by atoms with Crippen molar-refractivity contribution in [1.29, 1.82) is 0 Å². The second kappa shape index (κ2) is 9.09. The van der Waals surface area contributed by atoms with Gasteiger partial charge in [0.15, 0.2) is 11.5 Å². The maximum Gasteiger partial charge on any atom is 0.279 e. The summed E-state index contributed by atoms with van der Waals surface area (Å²) in [6, 6.07) is 15.8. The fraction of sp³-hybridized carbons (Fsp3) is 0.240. The van der Waals surface area contributed by atoms with Crippen molar-refractivity contribution in [3.63, 3.8) is 0 Å². The predicted molar refractivity (Wildman–Crippen MR) is 122 cm³/mol. The van der Waals surface area contributed by atoms with Crippen molar-refractivity contribution < 1.29 is 14.1 Å². The number of rotatable bonds is 7. The van der Waals surface area contributed by atoms with E-state index in [-0.39, 0.29) is 18.2 Å². The van der Waals surface area contributed by atoms with Crippen LogP contribution in [-0.2, 0) is 13.2 Å². The van der Waals surface area contributed by atoms with Gasteiger partial charge in [-0.2, -0.15) is 5.10 Å². The van der Waals surface area contributed by atoms with Crippen LogP contribution in [-0.4, -0.2) is 20.8 Å². The van der Waals surface area contributed by atoms with Crippen LogP contribution in [0.25, 0.3) is 0 Å². The standard InChI is InChI=1S/C25H26N4O3/c1-16-9-10-21(13-18(16)3)31-15-22-19(4)32-28-24(22)25(30)26-23-11-12-29(27-23)14-20-8-6-5-7-17(20)2/h5-13H,14-15H2,1-4H3,(H,26,27,30). The Morgan fingerprint density at radius 1 is 1.03 bits per heavy atom. The molecule has 32 heavy (non-hydrogen) atoms. The quantitative estimate of drug-likeness (QED) is 0.447. The molecule has 2 aromatic carbocycles. The summed E-state index contributed by atoms with van der Waals surface area (Å²) in [7, 11) is 0. The highest BCUT2D eigenvalue weighted by atomic mass is 16.5. The minimum atomic E-state index is -0.387. The first-order valence-corrected chi connectivity index (χ1v) is 10.4. The van der Waals surface area contributed by atoms with E-state index in [0.717, 1.165) is 11.3 Å². The third-order valence-electron chi connectivity index (χ3n) is 5.54. The lowest BCUT2D eigenvalue weighted by Gasteiger charge is -2.09. The average molecular weight is 431 g/mol. The first kappa shape index (κ1) is 21.4. The molecule has 0 unspecified atom stereocenters. The normalized spacial score (nSPS) is 10.9. The molecule has 0 fully saturated rings.